The van der Waals surface area contributed by atoms with Crippen molar-refractivity contribution in [3.8, 4) is 17.1 Å². The van der Waals surface area contributed by atoms with E-state index in [-0.39, 0.29) is 11.6 Å². The molecule has 0 spiro atoms. The average Bonchev–Trinajstić information content (AvgIpc) is 3.16. The van der Waals surface area contributed by atoms with Crippen LogP contribution in [0.1, 0.15) is 32.9 Å². The van der Waals surface area contributed by atoms with E-state index < -0.39 is 5.91 Å². The maximum atomic E-state index is 13.5. The normalized spacial score (nSPS) is 10.9. The summed E-state index contributed by atoms with van der Waals surface area (Å²) in [6, 6.07) is 17.8. The van der Waals surface area contributed by atoms with Crippen molar-refractivity contribution in [2.45, 2.75) is 27.7 Å². The zero-order valence-electron chi connectivity index (χ0n) is 17.9. The smallest absolute Gasteiger partial charge is 0.295 e. The summed E-state index contributed by atoms with van der Waals surface area (Å²) in [5, 5.41) is 7.46. The van der Waals surface area contributed by atoms with Crippen molar-refractivity contribution in [2.75, 3.05) is 5.32 Å². The lowest BCUT2D eigenvalue weighted by Crippen LogP contribution is -2.16. The Morgan fingerprint density at radius 1 is 0.903 bits per heavy atom. The van der Waals surface area contributed by atoms with E-state index in [1.807, 2.05) is 64.1 Å². The second kappa shape index (κ2) is 8.14. The molecular formula is C25H23FN4O. The van der Waals surface area contributed by atoms with Crippen molar-refractivity contribution in [2.24, 2.45) is 0 Å². The Labute approximate surface area is 180 Å². The fourth-order valence-corrected chi connectivity index (χ4v) is 3.59. The first-order valence-electron chi connectivity index (χ1n) is 10.0. The topological polar surface area (TPSA) is 59.8 Å². The van der Waals surface area contributed by atoms with E-state index in [1.54, 1.807) is 16.8 Å². The Balaban J connectivity index is 1.81. The highest BCUT2D eigenvalue weighted by Gasteiger charge is 2.21. The third kappa shape index (κ3) is 4.10. The number of carbonyl (C=O) groups excluding carboxylic acids is 1. The zero-order valence-corrected chi connectivity index (χ0v) is 17.9. The van der Waals surface area contributed by atoms with Crippen LogP contribution in [0.4, 0.5) is 10.1 Å². The molecule has 1 N–H and O–H groups in total. The molecule has 0 aliphatic heterocycles. The minimum absolute atomic E-state index is 0.0435. The van der Waals surface area contributed by atoms with Gasteiger partial charge in [-0.15, -0.1) is 5.10 Å². The van der Waals surface area contributed by atoms with Crippen molar-refractivity contribution in [3.05, 3.63) is 94.6 Å². The number of nitrogens with one attached hydrogen (secondary N) is 1. The van der Waals surface area contributed by atoms with Crippen LogP contribution in [0.5, 0.6) is 0 Å². The number of hydrogen-bond donors (Lipinski definition) is 1. The van der Waals surface area contributed by atoms with Crippen LogP contribution in [0.2, 0.25) is 0 Å². The Kier molecular flexibility index (Phi) is 5.38. The molecule has 0 saturated carbocycles. The molecular weight excluding hydrogens is 391 g/mol. The maximum Gasteiger partial charge on any atom is 0.295 e. The maximum absolute atomic E-state index is 13.5. The molecule has 0 fully saturated rings. The number of rotatable bonds is 4. The predicted octanol–water partition coefficient (Wildman–Crippen LogP) is 5.56. The number of aromatic nitrogens is 3. The van der Waals surface area contributed by atoms with Crippen LogP contribution >= 0.6 is 0 Å². The van der Waals surface area contributed by atoms with Crippen LogP contribution in [0.3, 0.4) is 0 Å². The van der Waals surface area contributed by atoms with Gasteiger partial charge in [0.05, 0.1) is 5.69 Å². The molecule has 156 valence electrons. The number of carbonyl (C=O) groups is 1. The summed E-state index contributed by atoms with van der Waals surface area (Å²) in [7, 11) is 0. The molecule has 1 heterocycles. The van der Waals surface area contributed by atoms with E-state index in [0.29, 0.717) is 11.4 Å². The molecule has 0 unspecified atom stereocenters. The summed E-state index contributed by atoms with van der Waals surface area (Å²) in [4.78, 5) is 17.6. The Bertz CT molecular complexity index is 1260. The molecule has 3 aromatic carbocycles. The number of benzene rings is 3. The first kappa shape index (κ1) is 20.5. The van der Waals surface area contributed by atoms with Gasteiger partial charge in [0.1, 0.15) is 5.82 Å². The quantitative estimate of drug-likeness (QED) is 0.476. The van der Waals surface area contributed by atoms with Crippen LogP contribution in [0.15, 0.2) is 60.7 Å². The molecule has 0 bridgehead atoms. The van der Waals surface area contributed by atoms with Gasteiger partial charge in [-0.1, -0.05) is 35.9 Å². The van der Waals surface area contributed by atoms with Crippen LogP contribution in [-0.2, 0) is 0 Å². The zero-order chi connectivity index (χ0) is 22.1. The molecule has 4 aromatic rings. The van der Waals surface area contributed by atoms with Crippen molar-refractivity contribution < 1.29 is 9.18 Å². The number of anilines is 1. The first-order chi connectivity index (χ1) is 14.8. The lowest BCUT2D eigenvalue weighted by atomic mass is 10.1. The molecule has 1 aromatic heterocycles. The molecule has 0 aliphatic rings. The summed E-state index contributed by atoms with van der Waals surface area (Å²) in [6.07, 6.45) is 0. The Morgan fingerprint density at radius 2 is 1.58 bits per heavy atom. The van der Waals surface area contributed by atoms with Crippen LogP contribution in [0.25, 0.3) is 17.1 Å². The molecule has 0 radical (unpaired) electrons. The minimum atomic E-state index is -0.399. The second-order valence-electron chi connectivity index (χ2n) is 7.69. The SMILES string of the molecule is Cc1ccc(-n2nc(C(=O)Nc3c(C)cccc3C)nc2-c2ccc(F)cc2)c(C)c1. The van der Waals surface area contributed by atoms with Gasteiger partial charge in [-0.25, -0.2) is 14.1 Å². The Hall–Kier alpha value is -3.80. The number of aryl methyl sites for hydroxylation is 4. The number of amides is 1. The van der Waals surface area contributed by atoms with E-state index in [4.69, 9.17) is 0 Å². The van der Waals surface area contributed by atoms with Gasteiger partial charge >= 0.3 is 0 Å². The standard InChI is InChI=1S/C25H23FN4O/c1-15-8-13-21(18(4)14-15)30-24(19-9-11-20(26)12-10-19)28-23(29-30)25(31)27-22-16(2)6-5-7-17(22)3/h5-14H,1-4H3,(H,27,31). The van der Waals surface area contributed by atoms with Crippen molar-refractivity contribution >= 4 is 11.6 Å². The van der Waals surface area contributed by atoms with Crippen LogP contribution < -0.4 is 5.32 Å². The molecule has 0 aliphatic carbocycles. The summed E-state index contributed by atoms with van der Waals surface area (Å²) in [5.74, 6) is -0.223. The van der Waals surface area contributed by atoms with E-state index in [0.717, 1.165) is 33.6 Å². The van der Waals surface area contributed by atoms with Gasteiger partial charge in [0.15, 0.2) is 5.82 Å². The van der Waals surface area contributed by atoms with Gasteiger partial charge in [0, 0.05) is 11.3 Å². The monoisotopic (exact) mass is 414 g/mol. The van der Waals surface area contributed by atoms with E-state index in [1.165, 1.54) is 12.1 Å². The lowest BCUT2D eigenvalue weighted by Gasteiger charge is -2.10. The third-order valence-corrected chi connectivity index (χ3v) is 5.21. The fourth-order valence-electron chi connectivity index (χ4n) is 3.59. The Morgan fingerprint density at radius 3 is 2.23 bits per heavy atom. The van der Waals surface area contributed by atoms with E-state index >= 15 is 0 Å². The summed E-state index contributed by atoms with van der Waals surface area (Å²) < 4.78 is 15.1. The van der Waals surface area contributed by atoms with Crippen LogP contribution in [0, 0.1) is 33.5 Å². The molecule has 0 saturated heterocycles. The second-order valence-corrected chi connectivity index (χ2v) is 7.69. The highest BCUT2D eigenvalue weighted by Crippen LogP contribution is 2.25. The fraction of sp³-hybridized carbons (Fsp3) is 0.160. The average molecular weight is 414 g/mol. The van der Waals surface area contributed by atoms with Gasteiger partial charge in [0.25, 0.3) is 5.91 Å². The third-order valence-electron chi connectivity index (χ3n) is 5.21. The summed E-state index contributed by atoms with van der Waals surface area (Å²) in [5.41, 5.74) is 6.26. The molecule has 5 nitrogen and oxygen atoms in total. The number of nitrogens with zero attached hydrogens (tertiary/aromatic N) is 3. The van der Waals surface area contributed by atoms with Gasteiger partial charge in [-0.05, 0) is 74.7 Å². The van der Waals surface area contributed by atoms with Crippen molar-refractivity contribution in [1.82, 2.24) is 14.8 Å². The first-order valence-corrected chi connectivity index (χ1v) is 10.0. The molecule has 4 rings (SSSR count). The molecule has 31 heavy (non-hydrogen) atoms. The molecule has 6 heteroatoms. The highest BCUT2D eigenvalue weighted by molar-refractivity contribution is 6.02. The number of hydrogen-bond acceptors (Lipinski definition) is 3. The van der Waals surface area contributed by atoms with Gasteiger partial charge in [-0.3, -0.25) is 4.79 Å². The molecule has 0 atom stereocenters. The lowest BCUT2D eigenvalue weighted by molar-refractivity contribution is 0.101. The number of para-hydroxylation sites is 1. The van der Waals surface area contributed by atoms with Crippen molar-refractivity contribution in [3.63, 3.8) is 0 Å². The number of halogens is 1. The van der Waals surface area contributed by atoms with Gasteiger partial charge in [0.2, 0.25) is 5.82 Å². The van der Waals surface area contributed by atoms with Crippen LogP contribution in [-0.4, -0.2) is 20.7 Å². The van der Waals surface area contributed by atoms with E-state index in [9.17, 15) is 9.18 Å². The summed E-state index contributed by atoms with van der Waals surface area (Å²) in [6.45, 7) is 7.87. The van der Waals surface area contributed by atoms with E-state index in [2.05, 4.69) is 15.4 Å². The predicted molar refractivity (Wildman–Crippen MR) is 120 cm³/mol. The van der Waals surface area contributed by atoms with Gasteiger partial charge < -0.3 is 5.32 Å². The summed E-state index contributed by atoms with van der Waals surface area (Å²) >= 11 is 0. The largest absolute Gasteiger partial charge is 0.319 e. The highest BCUT2D eigenvalue weighted by atomic mass is 19.1. The minimum Gasteiger partial charge on any atom is -0.319 e. The molecule has 1 amide bonds. The van der Waals surface area contributed by atoms with Crippen molar-refractivity contribution in [1.29, 1.82) is 0 Å². The van der Waals surface area contributed by atoms with Gasteiger partial charge in [-0.2, -0.15) is 0 Å².